The van der Waals surface area contributed by atoms with Gasteiger partial charge in [0, 0.05) is 41.4 Å². The molecule has 0 N–H and O–H groups in total. The highest BCUT2D eigenvalue weighted by Gasteiger charge is 2.53. The van der Waals surface area contributed by atoms with Crippen LogP contribution in [0.2, 0.25) is 0 Å². The van der Waals surface area contributed by atoms with Gasteiger partial charge in [-0.25, -0.2) is 0 Å². The molecule has 1 unspecified atom stereocenters. The number of ether oxygens (including phenoxy) is 6. The summed E-state index contributed by atoms with van der Waals surface area (Å²) in [5.41, 5.74) is 0. The van der Waals surface area contributed by atoms with E-state index in [1.54, 1.807) is 0 Å². The molecule has 0 aromatic rings. The molecule has 0 amide bonds. The molecule has 1 fully saturated rings. The van der Waals surface area contributed by atoms with Gasteiger partial charge in [-0.1, -0.05) is 0 Å². The van der Waals surface area contributed by atoms with Crippen LogP contribution in [-0.4, -0.2) is 67.2 Å². The van der Waals surface area contributed by atoms with E-state index in [9.17, 15) is 24.0 Å². The lowest BCUT2D eigenvalue weighted by atomic mass is 9.98. The molecule has 0 spiro atoms. The molecule has 1 heterocycles. The minimum Gasteiger partial charge on any atom is -0.463 e. The first kappa shape index (κ1) is 15.4. The first-order valence-corrected chi connectivity index (χ1v) is 7.25. The van der Waals surface area contributed by atoms with E-state index < -0.39 is 102 Å². The van der Waals surface area contributed by atoms with Crippen molar-refractivity contribution < 1.29 is 59.2 Å². The van der Waals surface area contributed by atoms with E-state index in [2.05, 4.69) is 0 Å². The fraction of sp³-hybridized carbons (Fsp3) is 0.688. The molecule has 0 aromatic carbocycles. The van der Waals surface area contributed by atoms with Crippen LogP contribution in [0.15, 0.2) is 0 Å². The SMILES string of the molecule is [2H]CC(=O)OC[C@H]1OC(OC(=O)C[2H])[C@@H](OC(=O)C[2H])[C@H](OC(=O)C[2H])[C@H]1OC(=O)C[2H]. The fourth-order valence-corrected chi connectivity index (χ4v) is 2.27. The van der Waals surface area contributed by atoms with Crippen molar-refractivity contribution in [3.63, 3.8) is 0 Å². The maximum Gasteiger partial charge on any atom is 0.305 e. The topological polar surface area (TPSA) is 141 Å². The van der Waals surface area contributed by atoms with Crippen LogP contribution in [0.1, 0.15) is 41.4 Å². The summed E-state index contributed by atoms with van der Waals surface area (Å²) in [5.74, 6) is -5.60. The molecule has 0 radical (unpaired) electrons. The number of carbonyl (C=O) groups is 5. The fourth-order valence-electron chi connectivity index (χ4n) is 2.27. The summed E-state index contributed by atoms with van der Waals surface area (Å²) in [6, 6.07) is 0. The van der Waals surface area contributed by atoms with E-state index in [0.717, 1.165) is 0 Å². The first-order chi connectivity index (χ1) is 15.2. The number of hydrogen-bond donors (Lipinski definition) is 0. The quantitative estimate of drug-likeness (QED) is 0.429. The minimum atomic E-state index is -1.84. The van der Waals surface area contributed by atoms with Gasteiger partial charge < -0.3 is 28.4 Å². The van der Waals surface area contributed by atoms with Crippen LogP contribution in [0.3, 0.4) is 0 Å². The molecule has 11 heteroatoms. The van der Waals surface area contributed by atoms with Gasteiger partial charge in [-0.15, -0.1) is 0 Å². The minimum absolute atomic E-state index is 0.684. The zero-order valence-corrected chi connectivity index (χ0v) is 14.1. The third-order valence-electron chi connectivity index (χ3n) is 3.05. The second-order valence-electron chi connectivity index (χ2n) is 5.08. The van der Waals surface area contributed by atoms with Crippen molar-refractivity contribution >= 4 is 29.8 Å². The molecule has 1 aliphatic rings. The molecule has 0 aromatic heterocycles. The van der Waals surface area contributed by atoms with Gasteiger partial charge in [-0.2, -0.15) is 0 Å². The predicted molar refractivity (Wildman–Crippen MR) is 83.7 cm³/mol. The normalized spacial score (nSPS) is 29.5. The summed E-state index contributed by atoms with van der Waals surface area (Å²) in [7, 11) is 0. The Morgan fingerprint density at radius 3 is 1.74 bits per heavy atom. The molecule has 11 nitrogen and oxygen atoms in total. The van der Waals surface area contributed by atoms with Crippen molar-refractivity contribution in [2.75, 3.05) is 6.61 Å². The summed E-state index contributed by atoms with van der Waals surface area (Å²) in [6.07, 6.45) is -8.52. The van der Waals surface area contributed by atoms with Crippen LogP contribution >= 0.6 is 0 Å². The monoisotopic (exact) mass is 395 g/mol. The lowest BCUT2D eigenvalue weighted by Crippen LogP contribution is -2.63. The maximum atomic E-state index is 11.8. The van der Waals surface area contributed by atoms with Crippen LogP contribution in [0.25, 0.3) is 0 Å². The highest BCUT2D eigenvalue weighted by Crippen LogP contribution is 2.29. The summed E-state index contributed by atoms with van der Waals surface area (Å²) >= 11 is 0. The molecule has 1 aliphatic heterocycles. The number of esters is 5. The Hall–Kier alpha value is -2.69. The first-order valence-electron chi connectivity index (χ1n) is 10.8. The van der Waals surface area contributed by atoms with Gasteiger partial charge >= 0.3 is 29.8 Å². The van der Waals surface area contributed by atoms with E-state index in [4.69, 9.17) is 35.3 Å². The maximum absolute atomic E-state index is 11.8. The van der Waals surface area contributed by atoms with Crippen LogP contribution in [0, 0.1) is 0 Å². The third-order valence-corrected chi connectivity index (χ3v) is 3.05. The van der Waals surface area contributed by atoms with Crippen molar-refractivity contribution in [1.29, 1.82) is 0 Å². The van der Waals surface area contributed by atoms with Crippen molar-refractivity contribution in [2.45, 2.75) is 65.2 Å². The van der Waals surface area contributed by atoms with Crippen molar-refractivity contribution in [1.82, 2.24) is 0 Å². The summed E-state index contributed by atoms with van der Waals surface area (Å²) in [5, 5.41) is 0. The van der Waals surface area contributed by atoms with Gasteiger partial charge in [0.1, 0.15) is 12.7 Å². The molecule has 27 heavy (non-hydrogen) atoms. The van der Waals surface area contributed by atoms with Crippen molar-refractivity contribution in [3.05, 3.63) is 0 Å². The Bertz CT molecular complexity index is 691. The number of hydrogen-bond acceptors (Lipinski definition) is 11. The Balaban J connectivity index is 3.40. The van der Waals surface area contributed by atoms with Crippen LogP contribution in [0.4, 0.5) is 0 Å². The molecule has 5 atom stereocenters. The summed E-state index contributed by atoms with van der Waals surface area (Å²) in [6.45, 7) is -4.98. The largest absolute Gasteiger partial charge is 0.463 e. The molecular weight excluding hydrogens is 368 g/mol. The van der Waals surface area contributed by atoms with Crippen LogP contribution in [-0.2, 0) is 52.4 Å². The number of rotatable bonds is 6. The third kappa shape index (κ3) is 7.21. The molecule has 0 saturated carbocycles. The smallest absolute Gasteiger partial charge is 0.305 e. The van der Waals surface area contributed by atoms with E-state index in [1.165, 1.54) is 0 Å². The highest BCUT2D eigenvalue weighted by molar-refractivity contribution is 5.69. The zero-order chi connectivity index (χ0) is 24.3. The lowest BCUT2D eigenvalue weighted by molar-refractivity contribution is -0.300. The Labute approximate surface area is 162 Å². The van der Waals surface area contributed by atoms with Crippen LogP contribution in [0.5, 0.6) is 0 Å². The van der Waals surface area contributed by atoms with E-state index in [1.807, 2.05) is 0 Å². The lowest BCUT2D eigenvalue weighted by Gasteiger charge is -2.43. The standard InChI is InChI=1S/C16H22O11/c1-7(17)22-6-12-13(23-8(2)18)14(24-9(3)19)15(25-10(4)20)16(27-12)26-11(5)21/h12-16H,6H2,1-5H3/t12-,13+,14-,15+,16?/m1/s1/i1D,2D,3D,4D,5D. The molecule has 0 aliphatic carbocycles. The Morgan fingerprint density at radius 1 is 0.704 bits per heavy atom. The van der Waals surface area contributed by atoms with Gasteiger partial charge in [-0.05, 0) is 0 Å². The average Bonchev–Trinajstić information content (AvgIpc) is 2.80. The van der Waals surface area contributed by atoms with Gasteiger partial charge in [0.05, 0.1) is 0 Å². The second kappa shape index (κ2) is 9.86. The molecular formula is C16H22O11. The van der Waals surface area contributed by atoms with E-state index >= 15 is 0 Å². The zero-order valence-electron chi connectivity index (χ0n) is 19.1. The molecule has 1 saturated heterocycles. The summed E-state index contributed by atoms with van der Waals surface area (Å²) in [4.78, 5) is 58.4. The molecule has 0 bridgehead atoms. The number of carbonyl (C=O) groups excluding carboxylic acids is 5. The van der Waals surface area contributed by atoms with Crippen molar-refractivity contribution in [3.8, 4) is 0 Å². The van der Waals surface area contributed by atoms with Gasteiger partial charge in [0.15, 0.2) is 12.2 Å². The van der Waals surface area contributed by atoms with E-state index in [0.29, 0.717) is 0 Å². The summed E-state index contributed by atoms with van der Waals surface area (Å²) < 4.78 is 65.7. The molecule has 152 valence electrons. The van der Waals surface area contributed by atoms with Gasteiger partial charge in [0.25, 0.3) is 0 Å². The predicted octanol–water partition coefficient (Wildman–Crippen LogP) is -0.367. The van der Waals surface area contributed by atoms with Gasteiger partial charge in [0.2, 0.25) is 12.4 Å². The van der Waals surface area contributed by atoms with Gasteiger partial charge in [-0.3, -0.25) is 24.0 Å². The Morgan fingerprint density at radius 2 is 1.19 bits per heavy atom. The molecule has 1 rings (SSSR count). The van der Waals surface area contributed by atoms with Crippen molar-refractivity contribution in [2.24, 2.45) is 0 Å². The van der Waals surface area contributed by atoms with E-state index in [-0.39, 0.29) is 0 Å². The second-order valence-corrected chi connectivity index (χ2v) is 5.08. The van der Waals surface area contributed by atoms with Crippen LogP contribution < -0.4 is 0 Å². The average molecular weight is 395 g/mol. The Kier molecular flexibility index (Phi) is 5.61. The highest BCUT2D eigenvalue weighted by atomic mass is 16.7.